The molecule has 3 aromatic rings. The monoisotopic (exact) mass is 489 g/mol. The molecule has 182 valence electrons. The number of nitrogens with one attached hydrogen (secondary N) is 1. The molecule has 2 aromatic heterocycles. The van der Waals surface area contributed by atoms with Crippen molar-refractivity contribution in [3.63, 3.8) is 0 Å². The standard InChI is InChI=1S/C23H28FN5O4S/c1-23(2,3)33-22(30)28-10-7-15(8-11-28)17-9-12-29-20(17)25-14-26-21(29)27-19-6-5-16(13-18(19)24)34(4,31)32/h5-6,9,12-15H,7-8,10-11H2,1-4H3,(H,25,26,27). The topological polar surface area (TPSA) is 106 Å². The van der Waals surface area contributed by atoms with Crippen LogP contribution in [0.5, 0.6) is 0 Å². The molecule has 0 unspecified atom stereocenters. The van der Waals surface area contributed by atoms with Crippen LogP contribution >= 0.6 is 0 Å². The molecule has 0 spiro atoms. The first-order valence-corrected chi connectivity index (χ1v) is 12.9. The zero-order valence-electron chi connectivity index (χ0n) is 19.6. The lowest BCUT2D eigenvalue weighted by molar-refractivity contribution is 0.0205. The number of carbonyl (C=O) groups excluding carboxylic acids is 1. The number of nitrogens with zero attached hydrogens (tertiary/aromatic N) is 4. The fourth-order valence-electron chi connectivity index (χ4n) is 4.01. The number of likely N-dealkylation sites (tertiary alicyclic amines) is 1. The quantitative estimate of drug-likeness (QED) is 0.587. The maximum atomic E-state index is 14.5. The molecule has 3 heterocycles. The van der Waals surface area contributed by atoms with E-state index < -0.39 is 21.3 Å². The van der Waals surface area contributed by atoms with Gasteiger partial charge in [-0.05, 0) is 63.8 Å². The van der Waals surface area contributed by atoms with Crippen LogP contribution in [0.1, 0.15) is 45.1 Å². The van der Waals surface area contributed by atoms with Gasteiger partial charge in [0.05, 0.1) is 10.6 Å². The molecule has 0 atom stereocenters. The summed E-state index contributed by atoms with van der Waals surface area (Å²) in [5.41, 5.74) is 1.30. The van der Waals surface area contributed by atoms with Gasteiger partial charge in [0, 0.05) is 31.1 Å². The first-order valence-electron chi connectivity index (χ1n) is 11.0. The molecule has 0 aliphatic carbocycles. The summed E-state index contributed by atoms with van der Waals surface area (Å²) in [4.78, 5) is 22.6. The number of anilines is 2. The van der Waals surface area contributed by atoms with Gasteiger partial charge in [-0.25, -0.2) is 27.6 Å². The first-order chi connectivity index (χ1) is 15.9. The number of hydrogen-bond donors (Lipinski definition) is 1. The van der Waals surface area contributed by atoms with Crippen molar-refractivity contribution in [2.75, 3.05) is 24.7 Å². The van der Waals surface area contributed by atoms with Gasteiger partial charge in [0.25, 0.3) is 0 Å². The smallest absolute Gasteiger partial charge is 0.410 e. The largest absolute Gasteiger partial charge is 0.444 e. The Balaban J connectivity index is 1.51. The number of benzene rings is 1. The Kier molecular flexibility index (Phi) is 6.24. The van der Waals surface area contributed by atoms with Gasteiger partial charge < -0.3 is 15.0 Å². The third-order valence-electron chi connectivity index (χ3n) is 5.68. The van der Waals surface area contributed by atoms with Crippen LogP contribution in [0.4, 0.5) is 20.8 Å². The predicted octanol–water partition coefficient (Wildman–Crippen LogP) is 4.13. The highest BCUT2D eigenvalue weighted by atomic mass is 32.2. The number of ether oxygens (including phenoxy) is 1. The van der Waals surface area contributed by atoms with Crippen LogP contribution in [0.3, 0.4) is 0 Å². The Bertz CT molecular complexity index is 1320. The third-order valence-corrected chi connectivity index (χ3v) is 6.79. The lowest BCUT2D eigenvalue weighted by atomic mass is 9.91. The van der Waals surface area contributed by atoms with Gasteiger partial charge in [0.2, 0.25) is 5.95 Å². The summed E-state index contributed by atoms with van der Waals surface area (Å²) in [6, 6.07) is 5.66. The molecule has 1 saturated heterocycles. The van der Waals surface area contributed by atoms with E-state index in [1.54, 1.807) is 9.30 Å². The number of amides is 1. The highest BCUT2D eigenvalue weighted by Gasteiger charge is 2.29. The molecule has 34 heavy (non-hydrogen) atoms. The predicted molar refractivity (Wildman–Crippen MR) is 126 cm³/mol. The van der Waals surface area contributed by atoms with Crippen LogP contribution < -0.4 is 5.32 Å². The van der Waals surface area contributed by atoms with E-state index in [1.807, 2.05) is 33.0 Å². The number of rotatable bonds is 4. The van der Waals surface area contributed by atoms with Crippen molar-refractivity contribution in [3.05, 3.63) is 48.2 Å². The number of aromatic nitrogens is 3. The maximum absolute atomic E-state index is 14.5. The minimum absolute atomic E-state index is 0.0932. The van der Waals surface area contributed by atoms with Crippen LogP contribution in [0.2, 0.25) is 0 Å². The van der Waals surface area contributed by atoms with Crippen molar-refractivity contribution in [3.8, 4) is 0 Å². The van der Waals surface area contributed by atoms with Gasteiger partial charge in [0.1, 0.15) is 23.4 Å². The zero-order valence-corrected chi connectivity index (χ0v) is 20.4. The average Bonchev–Trinajstić information content (AvgIpc) is 3.18. The van der Waals surface area contributed by atoms with E-state index >= 15 is 0 Å². The second-order valence-corrected chi connectivity index (χ2v) is 11.5. The number of carbonyl (C=O) groups is 1. The fourth-order valence-corrected chi connectivity index (χ4v) is 4.64. The molecule has 0 bridgehead atoms. The Morgan fingerprint density at radius 3 is 2.50 bits per heavy atom. The second kappa shape index (κ2) is 8.86. The van der Waals surface area contributed by atoms with Gasteiger partial charge in [-0.1, -0.05) is 0 Å². The number of fused-ring (bicyclic) bond motifs is 1. The van der Waals surface area contributed by atoms with Gasteiger partial charge in [-0.3, -0.25) is 4.40 Å². The molecule has 0 radical (unpaired) electrons. The third kappa shape index (κ3) is 5.14. The van der Waals surface area contributed by atoms with Crippen LogP contribution in [-0.4, -0.2) is 58.7 Å². The Hall–Kier alpha value is -3.21. The summed E-state index contributed by atoms with van der Waals surface area (Å²) in [6.07, 6.45) is 5.49. The van der Waals surface area contributed by atoms with E-state index in [4.69, 9.17) is 4.74 Å². The minimum Gasteiger partial charge on any atom is -0.444 e. The molecule has 0 saturated carbocycles. The Morgan fingerprint density at radius 2 is 1.88 bits per heavy atom. The summed E-state index contributed by atoms with van der Waals surface area (Å²) in [7, 11) is -3.51. The maximum Gasteiger partial charge on any atom is 0.410 e. The molecular formula is C23H28FN5O4S. The van der Waals surface area contributed by atoms with Gasteiger partial charge >= 0.3 is 6.09 Å². The number of sulfone groups is 1. The average molecular weight is 490 g/mol. The molecule has 1 aliphatic rings. The molecule has 4 rings (SSSR count). The van der Waals surface area contributed by atoms with Crippen molar-refractivity contribution < 1.29 is 22.3 Å². The van der Waals surface area contributed by atoms with Crippen molar-refractivity contribution in [2.24, 2.45) is 0 Å². The molecule has 1 fully saturated rings. The summed E-state index contributed by atoms with van der Waals surface area (Å²) in [6.45, 7) is 6.72. The van der Waals surface area contributed by atoms with Gasteiger partial charge in [-0.2, -0.15) is 0 Å². The number of piperidine rings is 1. The number of hydrogen-bond acceptors (Lipinski definition) is 7. The molecule has 1 N–H and O–H groups in total. The fraction of sp³-hybridized carbons (Fsp3) is 0.435. The summed E-state index contributed by atoms with van der Waals surface area (Å²) in [5.74, 6) is -0.137. The van der Waals surface area contributed by atoms with E-state index in [2.05, 4.69) is 15.3 Å². The number of halogens is 1. The molecule has 1 amide bonds. The second-order valence-electron chi connectivity index (χ2n) is 9.44. The van der Waals surface area contributed by atoms with Crippen molar-refractivity contribution >= 4 is 33.2 Å². The molecule has 1 aliphatic heterocycles. The van der Waals surface area contributed by atoms with Crippen LogP contribution in [-0.2, 0) is 14.6 Å². The lowest BCUT2D eigenvalue weighted by Gasteiger charge is -2.33. The highest BCUT2D eigenvalue weighted by molar-refractivity contribution is 7.90. The van der Waals surface area contributed by atoms with Crippen molar-refractivity contribution in [2.45, 2.75) is 50.0 Å². The Morgan fingerprint density at radius 1 is 1.18 bits per heavy atom. The summed E-state index contributed by atoms with van der Waals surface area (Å²) < 4.78 is 45.1. The van der Waals surface area contributed by atoms with Gasteiger partial charge in [0.15, 0.2) is 9.84 Å². The molecule has 11 heteroatoms. The normalized spacial score (nSPS) is 15.5. The minimum atomic E-state index is -3.51. The van der Waals surface area contributed by atoms with Crippen LogP contribution in [0.15, 0.2) is 41.7 Å². The van der Waals surface area contributed by atoms with E-state index in [1.165, 1.54) is 18.5 Å². The Labute approximate surface area is 197 Å². The van der Waals surface area contributed by atoms with E-state index in [9.17, 15) is 17.6 Å². The molecule has 1 aromatic carbocycles. The van der Waals surface area contributed by atoms with E-state index in [0.717, 1.165) is 30.7 Å². The molecular weight excluding hydrogens is 461 g/mol. The SMILES string of the molecule is CC(C)(C)OC(=O)N1CCC(c2ccn3c(Nc4ccc(S(C)(=O)=O)cc4F)ncnc23)CC1. The first kappa shape index (κ1) is 23.9. The van der Waals surface area contributed by atoms with E-state index in [0.29, 0.717) is 24.7 Å². The van der Waals surface area contributed by atoms with Crippen LogP contribution in [0.25, 0.3) is 5.65 Å². The van der Waals surface area contributed by atoms with Crippen molar-refractivity contribution in [1.82, 2.24) is 19.3 Å². The van der Waals surface area contributed by atoms with Crippen molar-refractivity contribution in [1.29, 1.82) is 0 Å². The lowest BCUT2D eigenvalue weighted by Crippen LogP contribution is -2.41. The summed E-state index contributed by atoms with van der Waals surface area (Å²) in [5, 5.41) is 2.93. The highest BCUT2D eigenvalue weighted by Crippen LogP contribution is 2.32. The summed E-state index contributed by atoms with van der Waals surface area (Å²) >= 11 is 0. The zero-order chi connectivity index (χ0) is 24.7. The van der Waals surface area contributed by atoms with Gasteiger partial charge in [-0.15, -0.1) is 0 Å². The van der Waals surface area contributed by atoms with Crippen LogP contribution in [0, 0.1) is 5.82 Å². The van der Waals surface area contributed by atoms with E-state index in [-0.39, 0.29) is 22.6 Å². The molecule has 9 nitrogen and oxygen atoms in total.